The van der Waals surface area contributed by atoms with Gasteiger partial charge in [-0.05, 0) is 18.7 Å². The van der Waals surface area contributed by atoms with E-state index in [9.17, 15) is 26.3 Å². The van der Waals surface area contributed by atoms with Crippen LogP contribution >= 0.6 is 0 Å². The molecule has 2 aliphatic heterocycles. The first kappa shape index (κ1) is 28.6. The predicted octanol–water partition coefficient (Wildman–Crippen LogP) is 2.50. The summed E-state index contributed by atoms with van der Waals surface area (Å²) in [5, 5.41) is 14.2. The number of nitrogens with zero attached hydrogens (tertiary/aromatic N) is 3. The second-order valence-electron chi connectivity index (χ2n) is 7.18. The Morgan fingerprint density at radius 3 is 2.03 bits per heavy atom. The molecule has 0 unspecified atom stereocenters. The Balaban J connectivity index is 0.000000324. The van der Waals surface area contributed by atoms with Gasteiger partial charge in [-0.1, -0.05) is 13.0 Å². The molecule has 2 saturated heterocycles. The Labute approximate surface area is 185 Å². The van der Waals surface area contributed by atoms with Gasteiger partial charge in [-0.25, -0.2) is 9.59 Å². The number of halogens is 6. The Bertz CT molecular complexity index is 724. The van der Waals surface area contributed by atoms with Crippen LogP contribution in [-0.2, 0) is 20.9 Å². The van der Waals surface area contributed by atoms with E-state index in [0.29, 0.717) is 12.0 Å². The molecule has 3 rings (SSSR count). The molecule has 3 heterocycles. The van der Waals surface area contributed by atoms with Gasteiger partial charge in [0.1, 0.15) is 0 Å². The quantitative estimate of drug-likeness (QED) is 0.625. The number of fused-ring (bicyclic) bond motifs is 1. The highest BCUT2D eigenvalue weighted by Gasteiger charge is 2.39. The number of aliphatic carboxylic acids is 2. The van der Waals surface area contributed by atoms with Crippen molar-refractivity contribution in [3.05, 3.63) is 30.1 Å². The molecular weight excluding hydrogens is 464 g/mol. The van der Waals surface area contributed by atoms with E-state index in [4.69, 9.17) is 24.5 Å². The van der Waals surface area contributed by atoms with Crippen molar-refractivity contribution in [2.45, 2.75) is 31.9 Å². The molecule has 8 nitrogen and oxygen atoms in total. The first-order valence-electron chi connectivity index (χ1n) is 9.80. The molecule has 0 aromatic carbocycles. The molecule has 1 aromatic rings. The smallest absolute Gasteiger partial charge is 0.475 e. The number of ether oxygens (including phenoxy) is 1. The van der Waals surface area contributed by atoms with Crippen molar-refractivity contribution in [3.63, 3.8) is 0 Å². The zero-order valence-corrected chi connectivity index (χ0v) is 17.6. The van der Waals surface area contributed by atoms with Crippen molar-refractivity contribution in [1.29, 1.82) is 0 Å². The van der Waals surface area contributed by atoms with Crippen molar-refractivity contribution in [3.8, 4) is 0 Å². The van der Waals surface area contributed by atoms with Crippen molar-refractivity contribution in [2.24, 2.45) is 5.92 Å². The molecule has 2 fully saturated rings. The van der Waals surface area contributed by atoms with Crippen LogP contribution in [0.5, 0.6) is 0 Å². The first-order valence-corrected chi connectivity index (χ1v) is 9.80. The molecule has 0 radical (unpaired) electrons. The summed E-state index contributed by atoms with van der Waals surface area (Å²) < 4.78 is 69.5. The summed E-state index contributed by atoms with van der Waals surface area (Å²) >= 11 is 0. The highest BCUT2D eigenvalue weighted by molar-refractivity contribution is 5.73. The van der Waals surface area contributed by atoms with Crippen molar-refractivity contribution in [2.75, 3.05) is 39.3 Å². The van der Waals surface area contributed by atoms with Crippen molar-refractivity contribution >= 4 is 11.9 Å². The van der Waals surface area contributed by atoms with Gasteiger partial charge in [0, 0.05) is 44.8 Å². The van der Waals surface area contributed by atoms with Gasteiger partial charge in [0.05, 0.1) is 18.4 Å². The van der Waals surface area contributed by atoms with Gasteiger partial charge in [-0.15, -0.1) is 0 Å². The maximum Gasteiger partial charge on any atom is 0.490 e. The van der Waals surface area contributed by atoms with Crippen LogP contribution in [0.4, 0.5) is 26.3 Å². The third kappa shape index (κ3) is 10.8. The molecule has 0 amide bonds. The molecule has 1 aromatic heterocycles. The van der Waals surface area contributed by atoms with E-state index in [1.165, 1.54) is 6.54 Å². The number of carboxylic acid groups (broad SMARTS) is 2. The van der Waals surface area contributed by atoms with E-state index < -0.39 is 24.3 Å². The Morgan fingerprint density at radius 2 is 1.58 bits per heavy atom. The molecule has 2 aliphatic rings. The summed E-state index contributed by atoms with van der Waals surface area (Å²) in [6.07, 6.45) is -7.88. The summed E-state index contributed by atoms with van der Waals surface area (Å²) in [6, 6.07) is 6.14. The summed E-state index contributed by atoms with van der Waals surface area (Å²) in [6.45, 7) is 9.66. The van der Waals surface area contributed by atoms with Crippen LogP contribution in [0, 0.1) is 5.92 Å². The number of hydrogen-bond acceptors (Lipinski definition) is 6. The highest BCUT2D eigenvalue weighted by atomic mass is 19.4. The fourth-order valence-corrected chi connectivity index (χ4v) is 3.18. The highest BCUT2D eigenvalue weighted by Crippen LogP contribution is 2.24. The van der Waals surface area contributed by atoms with E-state index in [1.54, 1.807) is 0 Å². The number of likely N-dealkylation sites (N-methyl/N-ethyl adjacent to an activating group) is 1. The number of aromatic nitrogens is 1. The number of likely N-dealkylation sites (tertiary alicyclic amines) is 1. The zero-order valence-electron chi connectivity index (χ0n) is 17.6. The standard InChI is InChI=1S/C15H23N3O.2C2HF3O2/c1-2-17-7-8-19-15-12-18(10-13(15)9-17)11-14-5-3-4-6-16-14;2*3-2(4,5)1(6)7/h3-6,13,15H,2,7-12H2,1H3;2*(H,6,7)/t13-,15+;;/m0../s1. The topological polar surface area (TPSA) is 103 Å². The SMILES string of the molecule is CCN1CCO[C@@H]2CN(Cc3ccccn3)C[C@@H]2C1.O=C(O)C(F)(F)F.O=C(O)C(F)(F)F. The van der Waals surface area contributed by atoms with Crippen LogP contribution in [0.1, 0.15) is 12.6 Å². The minimum Gasteiger partial charge on any atom is -0.475 e. The molecular formula is C19H25F6N3O5. The summed E-state index contributed by atoms with van der Waals surface area (Å²) in [4.78, 5) is 27.2. The van der Waals surface area contributed by atoms with E-state index in [-0.39, 0.29) is 0 Å². The van der Waals surface area contributed by atoms with Gasteiger partial charge in [-0.2, -0.15) is 26.3 Å². The van der Waals surface area contributed by atoms with Gasteiger partial charge < -0.3 is 19.8 Å². The number of pyridine rings is 1. The summed E-state index contributed by atoms with van der Waals surface area (Å²) in [5.41, 5.74) is 1.16. The molecule has 0 bridgehead atoms. The second kappa shape index (κ2) is 12.7. The van der Waals surface area contributed by atoms with Gasteiger partial charge in [-0.3, -0.25) is 9.88 Å². The monoisotopic (exact) mass is 489 g/mol. The minimum atomic E-state index is -5.08. The van der Waals surface area contributed by atoms with Crippen LogP contribution in [0.2, 0.25) is 0 Å². The number of hydrogen-bond donors (Lipinski definition) is 2. The third-order valence-corrected chi connectivity index (χ3v) is 4.73. The Kier molecular flexibility index (Phi) is 11.0. The molecule has 2 N–H and O–H groups in total. The molecule has 2 atom stereocenters. The van der Waals surface area contributed by atoms with Gasteiger partial charge >= 0.3 is 24.3 Å². The molecule has 0 aliphatic carbocycles. The average Bonchev–Trinajstić information content (AvgIpc) is 2.97. The fraction of sp³-hybridized carbons (Fsp3) is 0.632. The van der Waals surface area contributed by atoms with Crippen LogP contribution in [0.15, 0.2) is 24.4 Å². The van der Waals surface area contributed by atoms with Gasteiger partial charge in [0.25, 0.3) is 0 Å². The van der Waals surface area contributed by atoms with Gasteiger partial charge in [0.2, 0.25) is 0 Å². The average molecular weight is 489 g/mol. The molecule has 33 heavy (non-hydrogen) atoms. The lowest BCUT2D eigenvalue weighted by Gasteiger charge is -2.21. The van der Waals surface area contributed by atoms with Crippen molar-refractivity contribution < 1.29 is 50.9 Å². The predicted molar refractivity (Wildman–Crippen MR) is 102 cm³/mol. The first-order chi connectivity index (χ1) is 15.2. The van der Waals surface area contributed by atoms with E-state index in [0.717, 1.165) is 45.0 Å². The fourth-order valence-electron chi connectivity index (χ4n) is 3.18. The number of rotatable bonds is 3. The van der Waals surface area contributed by atoms with E-state index in [2.05, 4.69) is 33.8 Å². The van der Waals surface area contributed by atoms with E-state index >= 15 is 0 Å². The lowest BCUT2D eigenvalue weighted by molar-refractivity contribution is -0.193. The Hall–Kier alpha value is -2.45. The number of alkyl halides is 6. The lowest BCUT2D eigenvalue weighted by atomic mass is 10.1. The third-order valence-electron chi connectivity index (χ3n) is 4.73. The molecule has 14 heteroatoms. The Morgan fingerprint density at radius 1 is 1.03 bits per heavy atom. The second-order valence-corrected chi connectivity index (χ2v) is 7.18. The molecule has 0 spiro atoms. The van der Waals surface area contributed by atoms with Gasteiger partial charge in [0.15, 0.2) is 0 Å². The largest absolute Gasteiger partial charge is 0.490 e. The summed E-state index contributed by atoms with van der Waals surface area (Å²) in [7, 11) is 0. The summed E-state index contributed by atoms with van der Waals surface area (Å²) in [5.74, 6) is -4.86. The molecule has 0 saturated carbocycles. The van der Waals surface area contributed by atoms with Crippen LogP contribution in [0.3, 0.4) is 0 Å². The zero-order chi connectivity index (χ0) is 25.2. The maximum absolute atomic E-state index is 10.6. The minimum absolute atomic E-state index is 0.417. The maximum atomic E-state index is 10.6. The van der Waals surface area contributed by atoms with Crippen LogP contribution in [-0.4, -0.2) is 94.7 Å². The van der Waals surface area contributed by atoms with Crippen LogP contribution < -0.4 is 0 Å². The van der Waals surface area contributed by atoms with Crippen LogP contribution in [0.25, 0.3) is 0 Å². The van der Waals surface area contributed by atoms with E-state index in [1.807, 2.05) is 12.3 Å². The number of carbonyl (C=O) groups is 2. The lowest BCUT2D eigenvalue weighted by Crippen LogP contribution is -2.32. The number of carboxylic acids is 2. The molecule has 188 valence electrons. The van der Waals surface area contributed by atoms with Crippen molar-refractivity contribution in [1.82, 2.24) is 14.8 Å². The normalized spacial score (nSPS) is 21.5.